The van der Waals surface area contributed by atoms with Crippen molar-refractivity contribution in [1.29, 1.82) is 0 Å². The van der Waals surface area contributed by atoms with E-state index in [4.69, 9.17) is 9.47 Å². The summed E-state index contributed by atoms with van der Waals surface area (Å²) in [6, 6.07) is 21.1. The monoisotopic (exact) mass is 1070 g/mol. The van der Waals surface area contributed by atoms with Crippen molar-refractivity contribution >= 4 is 30.0 Å². The first kappa shape index (κ1) is 49.8. The third-order valence-electron chi connectivity index (χ3n) is 6.79. The van der Waals surface area contributed by atoms with Crippen LogP contribution >= 0.6 is 0 Å². The molecule has 50 heavy (non-hydrogen) atoms. The van der Waals surface area contributed by atoms with Crippen molar-refractivity contribution in [3.05, 3.63) is 85.3 Å². The summed E-state index contributed by atoms with van der Waals surface area (Å²) in [5.74, 6) is -3.53. The van der Waals surface area contributed by atoms with E-state index in [1.54, 1.807) is 12.2 Å². The topological polar surface area (TPSA) is 133 Å². The van der Waals surface area contributed by atoms with Crippen molar-refractivity contribution in [2.45, 2.75) is 129 Å². The molecule has 2 aromatic rings. The molecule has 10 heteroatoms. The number of benzene rings is 2. The molecule has 0 spiro atoms. The molecule has 0 unspecified atom stereocenters. The molecule has 0 amide bonds. The number of carbonyl (C=O) groups is 4. The van der Waals surface area contributed by atoms with Gasteiger partial charge in [0.1, 0.15) is 0 Å². The molecule has 0 bridgehead atoms. The van der Waals surface area contributed by atoms with Crippen LogP contribution in [0.15, 0.2) is 85.3 Å². The molecule has 0 heterocycles. The van der Waals surface area contributed by atoms with Gasteiger partial charge in [0.05, 0.1) is 25.4 Å². The van der Waals surface area contributed by atoms with Gasteiger partial charge < -0.3 is 29.3 Å². The first-order chi connectivity index (χ1) is 24.1. The van der Waals surface area contributed by atoms with Crippen LogP contribution in [0.1, 0.15) is 129 Å². The number of ether oxygens (including phenoxy) is 2. The Labute approximate surface area is 333 Å². The Balaban J connectivity index is 0. The van der Waals surface area contributed by atoms with E-state index in [1.807, 2.05) is 0 Å². The van der Waals surface area contributed by atoms with E-state index in [0.717, 1.165) is 77.9 Å². The van der Waals surface area contributed by atoms with Crippen molar-refractivity contribution < 1.29 is 91.1 Å². The zero-order valence-electron chi connectivity index (χ0n) is 30.5. The molecule has 2 rings (SSSR count). The minimum absolute atomic E-state index is 0.135. The van der Waals surface area contributed by atoms with Gasteiger partial charge in [0.2, 0.25) is 0 Å². The number of aliphatic carboxylic acids is 2. The van der Waals surface area contributed by atoms with E-state index in [2.05, 4.69) is 74.5 Å². The summed E-state index contributed by atoms with van der Waals surface area (Å²) < 4.78 is 12.5. The second-order valence-corrected chi connectivity index (χ2v) is 17.9. The summed E-state index contributed by atoms with van der Waals surface area (Å²) in [6.07, 6.45) is 22.0. The van der Waals surface area contributed by atoms with Gasteiger partial charge in [0, 0.05) is 11.9 Å². The normalized spacial score (nSPS) is 10.2. The molecule has 0 aromatic heterocycles. The van der Waals surface area contributed by atoms with Gasteiger partial charge in [-0.15, -0.1) is 0 Å². The van der Waals surface area contributed by atoms with Gasteiger partial charge in [-0.2, -0.15) is 0 Å². The summed E-state index contributed by atoms with van der Waals surface area (Å²) in [7, 11) is 0. The van der Waals surface area contributed by atoms with Gasteiger partial charge in [0.15, 0.2) is 0 Å². The van der Waals surface area contributed by atoms with Crippen LogP contribution in [-0.2, 0) is 80.9 Å². The Morgan fingerprint density at radius 1 is 0.520 bits per heavy atom. The zero-order valence-corrected chi connectivity index (χ0v) is 41.5. The van der Waals surface area contributed by atoms with Crippen LogP contribution in [0.3, 0.4) is 0 Å². The number of allylic oxidation sites excluding steroid dienone is 2. The Bertz CT molecular complexity index is 1060. The van der Waals surface area contributed by atoms with E-state index in [0.29, 0.717) is 0 Å². The van der Waals surface area contributed by atoms with Gasteiger partial charge in [-0.25, -0.2) is 0 Å². The first-order valence-electron chi connectivity index (χ1n) is 17.9. The number of carboxylic acids is 2. The van der Waals surface area contributed by atoms with E-state index in [1.165, 1.54) is 82.9 Å². The molecule has 0 aliphatic carbocycles. The molecule has 0 atom stereocenters. The fourth-order valence-corrected chi connectivity index (χ4v) is 6.07. The van der Waals surface area contributed by atoms with Gasteiger partial charge in [-0.05, 0) is 50.7 Å². The molecule has 0 saturated heterocycles. The van der Waals surface area contributed by atoms with E-state index < -0.39 is 23.9 Å². The fraction of sp³-hybridized carbons (Fsp3) is 0.500. The standard InChI is InChI=1S/2C14H24O4.2C6H5.2Hg/c2*1-2-3-4-5-6-7-8-9-12-18-14(17)11-10-13(15)16;2*1-2-4-6-5-3-1;;/h2*9,12H,2-8,10-11H2,1H3,(H,15,16);2*1-5H;;/q;;;;2*+1/p-2. The van der Waals surface area contributed by atoms with Gasteiger partial charge >= 0.3 is 131 Å². The first-order valence-corrected chi connectivity index (χ1v) is 23.4. The molecule has 0 saturated carbocycles. The van der Waals surface area contributed by atoms with Crippen molar-refractivity contribution in [3.8, 4) is 0 Å². The maximum atomic E-state index is 11.0. The SMILES string of the molecule is CCCCCCCCC=COC(=O)CCC(=O)[O-].CCCCCCCCC=COC(=O)CCC(=O)[O-].[Hg+][c]1ccccc1.[Hg+][c]1ccccc1. The Morgan fingerprint density at radius 2 is 0.840 bits per heavy atom. The van der Waals surface area contributed by atoms with Crippen LogP contribution in [0.4, 0.5) is 0 Å². The van der Waals surface area contributed by atoms with Crippen LogP contribution in [0.2, 0.25) is 0 Å². The molecule has 8 nitrogen and oxygen atoms in total. The number of carbonyl (C=O) groups excluding carboxylic acids is 4. The van der Waals surface area contributed by atoms with Crippen LogP contribution in [0.25, 0.3) is 0 Å². The van der Waals surface area contributed by atoms with Crippen LogP contribution in [0, 0.1) is 0 Å². The second kappa shape index (κ2) is 39.5. The molecular formula is C40H56Hg2O8. The van der Waals surface area contributed by atoms with Gasteiger partial charge in [-0.1, -0.05) is 78.1 Å². The van der Waals surface area contributed by atoms with Gasteiger partial charge in [-0.3, -0.25) is 9.59 Å². The molecule has 0 N–H and O–H groups in total. The predicted molar refractivity (Wildman–Crippen MR) is 187 cm³/mol. The number of hydrogen-bond donors (Lipinski definition) is 0. The number of unbranched alkanes of at least 4 members (excludes halogenated alkanes) is 12. The van der Waals surface area contributed by atoms with Gasteiger partial charge in [0.25, 0.3) is 0 Å². The molecule has 0 aliphatic heterocycles. The average molecular weight is 1070 g/mol. The Kier molecular flexibility index (Phi) is 39.3. The predicted octanol–water partition coefficient (Wildman–Crippen LogP) is 6.37. The van der Waals surface area contributed by atoms with Crippen LogP contribution in [0.5, 0.6) is 0 Å². The van der Waals surface area contributed by atoms with Crippen molar-refractivity contribution in [3.63, 3.8) is 0 Å². The van der Waals surface area contributed by atoms with Crippen molar-refractivity contribution in [2.24, 2.45) is 0 Å². The third-order valence-corrected chi connectivity index (χ3v) is 10.5. The van der Waals surface area contributed by atoms with Crippen LogP contribution in [-0.4, -0.2) is 23.9 Å². The Morgan fingerprint density at radius 3 is 1.12 bits per heavy atom. The van der Waals surface area contributed by atoms with E-state index in [9.17, 15) is 29.4 Å². The maximum absolute atomic E-state index is 11.0. The van der Waals surface area contributed by atoms with Crippen LogP contribution < -0.4 is 16.4 Å². The fourth-order valence-electron chi connectivity index (χ4n) is 3.95. The molecule has 0 aliphatic rings. The third kappa shape index (κ3) is 43.7. The molecule has 0 radical (unpaired) electrons. The summed E-state index contributed by atoms with van der Waals surface area (Å²) in [5, 5.41) is 20.2. The summed E-state index contributed by atoms with van der Waals surface area (Å²) in [4.78, 5) is 42.2. The summed E-state index contributed by atoms with van der Waals surface area (Å²) in [5.41, 5.74) is 0. The Hall–Kier alpha value is -2.33. The molecule has 0 fully saturated rings. The van der Waals surface area contributed by atoms with Crippen molar-refractivity contribution in [2.75, 3.05) is 0 Å². The summed E-state index contributed by atoms with van der Waals surface area (Å²) >= 11 is 1.62. The minimum atomic E-state index is -1.23. The molecule has 268 valence electrons. The number of esters is 2. The number of carboxylic acid groups (broad SMARTS) is 2. The quantitative estimate of drug-likeness (QED) is 0.0576. The van der Waals surface area contributed by atoms with E-state index >= 15 is 0 Å². The van der Waals surface area contributed by atoms with Crippen molar-refractivity contribution in [1.82, 2.24) is 0 Å². The molecular weight excluding hydrogens is 1010 g/mol. The summed E-state index contributed by atoms with van der Waals surface area (Å²) in [6.45, 7) is 4.38. The zero-order chi connectivity index (χ0) is 37.5. The van der Waals surface area contributed by atoms with E-state index in [-0.39, 0.29) is 25.7 Å². The second-order valence-electron chi connectivity index (χ2n) is 11.6. The number of hydrogen-bond acceptors (Lipinski definition) is 8. The average Bonchev–Trinajstić information content (AvgIpc) is 3.10. The number of rotatable bonds is 22. The molecule has 2 aromatic carbocycles.